The number of hydrogen-bond acceptors (Lipinski definition) is 7. The van der Waals surface area contributed by atoms with E-state index in [1.807, 2.05) is 41.5 Å². The van der Waals surface area contributed by atoms with Crippen LogP contribution in [0.25, 0.3) is 0 Å². The molecule has 0 saturated carbocycles. The van der Waals surface area contributed by atoms with Gasteiger partial charge in [-0.2, -0.15) is 0 Å². The summed E-state index contributed by atoms with van der Waals surface area (Å²) in [5.41, 5.74) is -0.325. The number of carboxylic acids is 2. The molecule has 0 saturated heterocycles. The van der Waals surface area contributed by atoms with Crippen molar-refractivity contribution in [1.82, 2.24) is 0 Å². The fourth-order valence-electron chi connectivity index (χ4n) is 6.42. The Morgan fingerprint density at radius 3 is 1.04 bits per heavy atom. The minimum atomic E-state index is -0.700. The lowest BCUT2D eigenvalue weighted by Crippen LogP contribution is -2.23. The van der Waals surface area contributed by atoms with Gasteiger partial charge in [-0.1, -0.05) is 141 Å². The van der Waals surface area contributed by atoms with Gasteiger partial charge in [-0.3, -0.25) is 14.4 Å². The van der Waals surface area contributed by atoms with E-state index in [2.05, 4.69) is 0 Å². The van der Waals surface area contributed by atoms with Gasteiger partial charge < -0.3 is 24.4 Å². The van der Waals surface area contributed by atoms with E-state index in [9.17, 15) is 19.2 Å². The van der Waals surface area contributed by atoms with Crippen LogP contribution in [0.3, 0.4) is 0 Å². The molecule has 0 bridgehead atoms. The van der Waals surface area contributed by atoms with Crippen molar-refractivity contribution >= 4 is 23.9 Å². The number of carboxylic acid groups (broad SMARTS) is 2. The smallest absolute Gasteiger partial charge is 0.338 e. The summed E-state index contributed by atoms with van der Waals surface area (Å²) in [6.45, 7) is 12.0. The van der Waals surface area contributed by atoms with Crippen LogP contribution in [0, 0.1) is 0 Å². The number of esters is 2. The second kappa shape index (κ2) is 34.9. The number of aliphatic carboxylic acids is 2. The third kappa shape index (κ3) is 40.9. The summed E-state index contributed by atoms with van der Waals surface area (Å²) in [6.07, 6.45) is 32.3. The first-order valence-corrected chi connectivity index (χ1v) is 22.7. The Morgan fingerprint density at radius 1 is 0.421 bits per heavy atom. The van der Waals surface area contributed by atoms with Gasteiger partial charge >= 0.3 is 23.9 Å². The second-order valence-corrected chi connectivity index (χ2v) is 17.7. The van der Waals surface area contributed by atoms with Gasteiger partial charge in [-0.05, 0) is 91.5 Å². The van der Waals surface area contributed by atoms with E-state index in [-0.39, 0.29) is 24.0 Å². The molecule has 0 aliphatic rings. The Kier molecular flexibility index (Phi) is 33.0. The topological polar surface area (TPSA) is 136 Å². The Balaban J connectivity index is 0.00000111. The zero-order valence-corrected chi connectivity index (χ0v) is 37.3. The molecular weight excluding hydrogens is 721 g/mol. The molecule has 330 valence electrons. The fraction of sp³-hybridized carbons (Fsp3) is 0.792. The molecule has 0 unspecified atom stereocenters. The van der Waals surface area contributed by atoms with Gasteiger partial charge in [0, 0.05) is 19.3 Å². The van der Waals surface area contributed by atoms with Crippen molar-refractivity contribution in [3.63, 3.8) is 0 Å². The number of hydrogen-bond donors (Lipinski definition) is 2. The zero-order chi connectivity index (χ0) is 42.6. The summed E-state index contributed by atoms with van der Waals surface area (Å²) < 4.78 is 16.4. The van der Waals surface area contributed by atoms with Crippen molar-refractivity contribution in [3.8, 4) is 5.75 Å². The lowest BCUT2D eigenvalue weighted by molar-refractivity contribution is -0.155. The van der Waals surface area contributed by atoms with Gasteiger partial charge in [0.15, 0.2) is 0 Å². The second-order valence-electron chi connectivity index (χ2n) is 17.7. The van der Waals surface area contributed by atoms with Crippen LogP contribution in [0.1, 0.15) is 238 Å². The minimum Gasteiger partial charge on any atom is -0.494 e. The lowest BCUT2D eigenvalue weighted by Gasteiger charge is -2.19. The zero-order valence-electron chi connectivity index (χ0n) is 37.3. The number of ether oxygens (including phenoxy) is 3. The maximum Gasteiger partial charge on any atom is 0.338 e. The summed E-state index contributed by atoms with van der Waals surface area (Å²) in [7, 11) is 0. The van der Waals surface area contributed by atoms with Crippen molar-refractivity contribution in [1.29, 1.82) is 0 Å². The summed E-state index contributed by atoms with van der Waals surface area (Å²) in [5.74, 6) is -0.982. The molecule has 0 aromatic heterocycles. The van der Waals surface area contributed by atoms with Crippen LogP contribution in [-0.4, -0.2) is 51.9 Å². The molecule has 1 rings (SSSR count). The van der Waals surface area contributed by atoms with E-state index in [0.717, 1.165) is 63.5 Å². The first-order valence-electron chi connectivity index (χ1n) is 22.7. The van der Waals surface area contributed by atoms with Crippen LogP contribution in [0.5, 0.6) is 5.75 Å². The SMILES string of the molecule is CC(C)(C)OC(=O)CCCCCCCCCCCCCCCCCCCCC(=O)O.CC(C)(C)OC(=O)c1ccc(OCCCCCCCCCCC(=O)O)cc1. The largest absolute Gasteiger partial charge is 0.494 e. The quantitative estimate of drug-likeness (QED) is 0.0515. The van der Waals surface area contributed by atoms with Crippen LogP contribution in [0.2, 0.25) is 0 Å². The summed E-state index contributed by atoms with van der Waals surface area (Å²) >= 11 is 0. The Bertz CT molecular complexity index is 1150. The molecule has 0 heterocycles. The van der Waals surface area contributed by atoms with E-state index in [4.69, 9.17) is 24.4 Å². The highest BCUT2D eigenvalue weighted by atomic mass is 16.6. The standard InChI is InChI=1S/C26H50O4.C22H34O5/c1-26(2,3)30-25(29)23-21-19-17-15-13-11-9-7-5-4-6-8-10-12-14-16-18-20-22-24(27)28;1-22(2,3)27-21(25)18-13-15-19(16-14-18)26-17-11-9-7-5-4-6-8-10-12-20(23)24/h4-23H2,1-3H3,(H,27,28);13-16H,4-12,17H2,1-3H3,(H,23,24). The molecule has 9 heteroatoms. The number of carbonyl (C=O) groups excluding carboxylic acids is 2. The number of benzene rings is 1. The third-order valence-electron chi connectivity index (χ3n) is 9.48. The van der Waals surface area contributed by atoms with E-state index in [0.29, 0.717) is 25.0 Å². The Hall–Kier alpha value is -3.10. The molecule has 0 fully saturated rings. The Morgan fingerprint density at radius 2 is 0.719 bits per heavy atom. The van der Waals surface area contributed by atoms with Crippen molar-refractivity contribution in [2.24, 2.45) is 0 Å². The molecule has 0 spiro atoms. The van der Waals surface area contributed by atoms with Crippen LogP contribution in [0.4, 0.5) is 0 Å². The van der Waals surface area contributed by atoms with Crippen molar-refractivity contribution < 1.29 is 43.6 Å². The average Bonchev–Trinajstić information content (AvgIpc) is 3.12. The molecule has 0 aliphatic carbocycles. The van der Waals surface area contributed by atoms with Gasteiger partial charge in [0.1, 0.15) is 17.0 Å². The molecule has 0 atom stereocenters. The molecule has 0 amide bonds. The van der Waals surface area contributed by atoms with Crippen molar-refractivity contribution in [2.45, 2.75) is 239 Å². The number of carbonyl (C=O) groups is 4. The van der Waals surface area contributed by atoms with E-state index in [1.165, 1.54) is 109 Å². The molecule has 2 N–H and O–H groups in total. The van der Waals surface area contributed by atoms with Crippen molar-refractivity contribution in [2.75, 3.05) is 6.61 Å². The number of unbranched alkanes of at least 4 members (excludes halogenated alkanes) is 24. The van der Waals surface area contributed by atoms with E-state index < -0.39 is 17.5 Å². The highest BCUT2D eigenvalue weighted by molar-refractivity contribution is 5.89. The molecule has 1 aromatic rings. The first-order chi connectivity index (χ1) is 27.1. The monoisotopic (exact) mass is 805 g/mol. The average molecular weight is 805 g/mol. The highest BCUT2D eigenvalue weighted by Gasteiger charge is 2.18. The van der Waals surface area contributed by atoms with Gasteiger partial charge in [-0.25, -0.2) is 4.79 Å². The third-order valence-corrected chi connectivity index (χ3v) is 9.48. The summed E-state index contributed by atoms with van der Waals surface area (Å²) in [6, 6.07) is 7.06. The van der Waals surface area contributed by atoms with E-state index in [1.54, 1.807) is 24.3 Å². The molecule has 0 radical (unpaired) electrons. The van der Waals surface area contributed by atoms with E-state index >= 15 is 0 Å². The van der Waals surface area contributed by atoms with Crippen LogP contribution in [0.15, 0.2) is 24.3 Å². The first kappa shape index (κ1) is 53.9. The minimum absolute atomic E-state index is 0.0597. The normalized spacial score (nSPS) is 11.4. The maximum absolute atomic E-state index is 12.0. The van der Waals surface area contributed by atoms with Gasteiger partial charge in [-0.15, -0.1) is 0 Å². The predicted molar refractivity (Wildman–Crippen MR) is 232 cm³/mol. The summed E-state index contributed by atoms with van der Waals surface area (Å²) in [4.78, 5) is 44.4. The Labute approximate surface area is 347 Å². The van der Waals surface area contributed by atoms with Crippen molar-refractivity contribution in [3.05, 3.63) is 29.8 Å². The summed E-state index contributed by atoms with van der Waals surface area (Å²) in [5, 5.41) is 17.2. The molecule has 57 heavy (non-hydrogen) atoms. The van der Waals surface area contributed by atoms with Crippen LogP contribution < -0.4 is 4.74 Å². The fourth-order valence-corrected chi connectivity index (χ4v) is 6.42. The van der Waals surface area contributed by atoms with Gasteiger partial charge in [0.2, 0.25) is 0 Å². The highest BCUT2D eigenvalue weighted by Crippen LogP contribution is 2.18. The maximum atomic E-state index is 12.0. The van der Waals surface area contributed by atoms with Crippen LogP contribution >= 0.6 is 0 Å². The van der Waals surface area contributed by atoms with Gasteiger partial charge in [0.05, 0.1) is 12.2 Å². The predicted octanol–water partition coefficient (Wildman–Crippen LogP) is 13.8. The molecule has 9 nitrogen and oxygen atoms in total. The molecule has 0 aliphatic heterocycles. The van der Waals surface area contributed by atoms with Gasteiger partial charge in [0.25, 0.3) is 0 Å². The molecule has 1 aromatic carbocycles. The van der Waals surface area contributed by atoms with Crippen LogP contribution in [-0.2, 0) is 23.9 Å². The number of rotatable bonds is 34. The lowest BCUT2D eigenvalue weighted by atomic mass is 10.0. The molecular formula is C48H84O9.